The zero-order valence-electron chi connectivity index (χ0n) is 14.6. The van der Waals surface area contributed by atoms with Gasteiger partial charge in [0.25, 0.3) is 5.91 Å². The second-order valence-corrected chi connectivity index (χ2v) is 6.35. The first-order chi connectivity index (χ1) is 12.1. The quantitative estimate of drug-likeness (QED) is 0.527. The summed E-state index contributed by atoms with van der Waals surface area (Å²) < 4.78 is 5.64. The number of carbonyl (C=O) groups is 1. The van der Waals surface area contributed by atoms with Crippen LogP contribution in [-0.4, -0.2) is 31.1 Å². The number of hydrogen-bond donors (Lipinski definition) is 1. The van der Waals surface area contributed by atoms with Crippen LogP contribution in [0.5, 0.6) is 5.75 Å². The zero-order valence-corrected chi connectivity index (χ0v) is 15.4. The molecule has 1 aromatic heterocycles. The molecule has 0 saturated carbocycles. The van der Waals surface area contributed by atoms with Gasteiger partial charge in [-0.2, -0.15) is 0 Å². The highest BCUT2D eigenvalue weighted by molar-refractivity contribution is 7.19. The summed E-state index contributed by atoms with van der Waals surface area (Å²) in [5, 5.41) is 6.80. The van der Waals surface area contributed by atoms with Crippen molar-refractivity contribution in [3.05, 3.63) is 34.9 Å². The average Bonchev–Trinajstić information content (AvgIpc) is 3.10. The van der Waals surface area contributed by atoms with Crippen LogP contribution >= 0.6 is 11.3 Å². The molecule has 7 nitrogen and oxygen atoms in total. The van der Waals surface area contributed by atoms with Crippen molar-refractivity contribution in [1.29, 1.82) is 0 Å². The lowest BCUT2D eigenvalue weighted by Gasteiger charge is -2.17. The summed E-state index contributed by atoms with van der Waals surface area (Å²) in [6.45, 7) is 5.34. The molecule has 0 saturated heterocycles. The van der Waals surface area contributed by atoms with Crippen molar-refractivity contribution >= 4 is 33.1 Å². The highest BCUT2D eigenvalue weighted by Gasteiger charge is 2.21. The second-order valence-electron chi connectivity index (χ2n) is 5.36. The van der Waals surface area contributed by atoms with E-state index in [4.69, 9.17) is 4.74 Å². The SMILES string of the molecule is CCCCNc1ccc(C(=O)N(C)c2ncc(N=O)s2)c(OCC)c1. The van der Waals surface area contributed by atoms with E-state index in [1.54, 1.807) is 13.1 Å². The van der Waals surface area contributed by atoms with E-state index < -0.39 is 0 Å². The number of benzene rings is 1. The number of unbranched alkanes of at least 4 members (excludes halogenated alkanes) is 1. The van der Waals surface area contributed by atoms with Crippen molar-refractivity contribution in [2.45, 2.75) is 26.7 Å². The van der Waals surface area contributed by atoms with Gasteiger partial charge in [0, 0.05) is 25.3 Å². The van der Waals surface area contributed by atoms with E-state index in [0.29, 0.717) is 23.1 Å². The van der Waals surface area contributed by atoms with Gasteiger partial charge in [0.15, 0.2) is 10.1 Å². The molecule has 2 rings (SSSR count). The van der Waals surface area contributed by atoms with Gasteiger partial charge in [-0.15, -0.1) is 4.91 Å². The number of hydrogen-bond acceptors (Lipinski definition) is 7. The van der Waals surface area contributed by atoms with E-state index in [-0.39, 0.29) is 10.9 Å². The molecule has 0 unspecified atom stereocenters. The number of aromatic nitrogens is 1. The van der Waals surface area contributed by atoms with Crippen LogP contribution in [0.4, 0.5) is 15.8 Å². The number of anilines is 2. The van der Waals surface area contributed by atoms with Gasteiger partial charge in [-0.1, -0.05) is 24.7 Å². The van der Waals surface area contributed by atoms with E-state index in [9.17, 15) is 9.70 Å². The molecule has 25 heavy (non-hydrogen) atoms. The van der Waals surface area contributed by atoms with Crippen molar-refractivity contribution in [1.82, 2.24) is 4.98 Å². The molecule has 0 fully saturated rings. The molecule has 134 valence electrons. The summed E-state index contributed by atoms with van der Waals surface area (Å²) in [4.78, 5) is 28.8. The maximum Gasteiger partial charge on any atom is 0.263 e. The van der Waals surface area contributed by atoms with E-state index in [0.717, 1.165) is 36.4 Å². The number of thiazole rings is 1. The van der Waals surface area contributed by atoms with Gasteiger partial charge < -0.3 is 10.1 Å². The van der Waals surface area contributed by atoms with Crippen molar-refractivity contribution in [2.75, 3.05) is 30.4 Å². The standard InChI is InChI=1S/C17H22N4O3S/c1-4-6-9-18-12-7-8-13(14(10-12)24-5-2)16(22)21(3)17-19-11-15(20-23)25-17/h7-8,10-11,18H,4-6,9H2,1-3H3. The van der Waals surface area contributed by atoms with Crippen molar-refractivity contribution in [3.63, 3.8) is 0 Å². The van der Waals surface area contributed by atoms with Crippen LogP contribution in [-0.2, 0) is 0 Å². The molecule has 1 aromatic carbocycles. The Morgan fingerprint density at radius 1 is 1.40 bits per heavy atom. The third-order valence-corrected chi connectivity index (χ3v) is 4.49. The summed E-state index contributed by atoms with van der Waals surface area (Å²) in [5.41, 5.74) is 1.36. The Morgan fingerprint density at radius 2 is 2.20 bits per heavy atom. The smallest absolute Gasteiger partial charge is 0.263 e. The average molecular weight is 362 g/mol. The Morgan fingerprint density at radius 3 is 2.84 bits per heavy atom. The summed E-state index contributed by atoms with van der Waals surface area (Å²) >= 11 is 1.06. The lowest BCUT2D eigenvalue weighted by atomic mass is 10.1. The molecule has 2 aromatic rings. The fraction of sp³-hybridized carbons (Fsp3) is 0.412. The molecule has 0 aliphatic rings. The molecule has 0 spiro atoms. The minimum Gasteiger partial charge on any atom is -0.493 e. The van der Waals surface area contributed by atoms with Crippen LogP contribution in [0.3, 0.4) is 0 Å². The first kappa shape index (κ1) is 18.9. The number of nitrogens with one attached hydrogen (secondary N) is 1. The van der Waals surface area contributed by atoms with E-state index in [1.165, 1.54) is 11.1 Å². The molecule has 0 aliphatic heterocycles. The largest absolute Gasteiger partial charge is 0.493 e. The highest BCUT2D eigenvalue weighted by Crippen LogP contribution is 2.31. The Kier molecular flexibility index (Phi) is 6.88. The summed E-state index contributed by atoms with van der Waals surface area (Å²) in [7, 11) is 1.61. The topological polar surface area (TPSA) is 83.9 Å². The van der Waals surface area contributed by atoms with Crippen molar-refractivity contribution in [2.24, 2.45) is 5.18 Å². The third-order valence-electron chi connectivity index (χ3n) is 3.53. The highest BCUT2D eigenvalue weighted by atomic mass is 32.1. The first-order valence-corrected chi connectivity index (χ1v) is 9.00. The number of carbonyl (C=O) groups excluding carboxylic acids is 1. The summed E-state index contributed by atoms with van der Waals surface area (Å²) in [6, 6.07) is 5.44. The normalized spacial score (nSPS) is 10.4. The van der Waals surface area contributed by atoms with Crippen molar-refractivity contribution in [3.8, 4) is 5.75 Å². The predicted molar refractivity (Wildman–Crippen MR) is 101 cm³/mol. The Hall–Kier alpha value is -2.48. The fourth-order valence-electron chi connectivity index (χ4n) is 2.21. The van der Waals surface area contributed by atoms with Crippen LogP contribution in [0.1, 0.15) is 37.0 Å². The van der Waals surface area contributed by atoms with Gasteiger partial charge in [0.05, 0.1) is 18.4 Å². The van der Waals surface area contributed by atoms with Gasteiger partial charge >= 0.3 is 0 Å². The number of amides is 1. The van der Waals surface area contributed by atoms with Crippen molar-refractivity contribution < 1.29 is 9.53 Å². The molecule has 0 radical (unpaired) electrons. The van der Waals surface area contributed by atoms with E-state index >= 15 is 0 Å². The lowest BCUT2D eigenvalue weighted by Crippen LogP contribution is -2.26. The zero-order chi connectivity index (χ0) is 18.2. The number of nitroso groups, excluding NO2 is 1. The minimum absolute atomic E-state index is 0.232. The van der Waals surface area contributed by atoms with Crippen LogP contribution in [0.15, 0.2) is 29.6 Å². The third kappa shape index (κ3) is 4.76. The second kappa shape index (κ2) is 9.12. The molecule has 0 bridgehead atoms. The number of rotatable bonds is 9. The fourth-order valence-corrected chi connectivity index (χ4v) is 2.87. The molecule has 1 heterocycles. The molecule has 1 N–H and O–H groups in total. The van der Waals surface area contributed by atoms with Crippen LogP contribution in [0.25, 0.3) is 0 Å². The van der Waals surface area contributed by atoms with Crippen LogP contribution < -0.4 is 15.0 Å². The van der Waals surface area contributed by atoms with Gasteiger partial charge in [-0.05, 0) is 30.7 Å². The maximum absolute atomic E-state index is 12.8. The van der Waals surface area contributed by atoms with Gasteiger partial charge in [0.1, 0.15) is 5.75 Å². The van der Waals surface area contributed by atoms with Gasteiger partial charge in [-0.3, -0.25) is 9.69 Å². The molecular weight excluding hydrogens is 340 g/mol. The Labute approximate surface area is 151 Å². The van der Waals surface area contributed by atoms with Gasteiger partial charge in [0.2, 0.25) is 0 Å². The monoisotopic (exact) mass is 362 g/mol. The van der Waals surface area contributed by atoms with Crippen LogP contribution in [0, 0.1) is 4.91 Å². The van der Waals surface area contributed by atoms with E-state index in [1.807, 2.05) is 19.1 Å². The van der Waals surface area contributed by atoms with Crippen LogP contribution in [0.2, 0.25) is 0 Å². The molecular formula is C17H22N4O3S. The molecule has 0 aliphatic carbocycles. The number of ether oxygens (including phenoxy) is 1. The Bertz CT molecular complexity index is 732. The molecule has 1 amide bonds. The minimum atomic E-state index is -0.254. The van der Waals surface area contributed by atoms with E-state index in [2.05, 4.69) is 22.4 Å². The first-order valence-electron chi connectivity index (χ1n) is 8.18. The maximum atomic E-state index is 12.8. The lowest BCUT2D eigenvalue weighted by molar-refractivity contribution is 0.0989. The summed E-state index contributed by atoms with van der Waals surface area (Å²) in [5.74, 6) is 0.265. The predicted octanol–water partition coefficient (Wildman–Crippen LogP) is 4.43. The molecule has 0 atom stereocenters. The Balaban J connectivity index is 2.23. The van der Waals surface area contributed by atoms with Gasteiger partial charge in [-0.25, -0.2) is 4.98 Å². The number of nitrogens with zero attached hydrogens (tertiary/aromatic N) is 3. The summed E-state index contributed by atoms with van der Waals surface area (Å²) in [6.07, 6.45) is 3.53. The molecule has 8 heteroatoms.